The summed E-state index contributed by atoms with van der Waals surface area (Å²) in [5, 5.41) is 12.3. The number of carbonyl (C=O) groups excluding carboxylic acids is 2. The van der Waals surface area contributed by atoms with Crippen LogP contribution in [0.15, 0.2) is 30.3 Å². The molecule has 7 heteroatoms. The van der Waals surface area contributed by atoms with Gasteiger partial charge in [0.25, 0.3) is 5.91 Å². The number of amides is 1. The molecule has 0 aliphatic heterocycles. The molecule has 2 aromatic rings. The second kappa shape index (κ2) is 8.78. The molecule has 2 rings (SSSR count). The first kappa shape index (κ1) is 19.1. The summed E-state index contributed by atoms with van der Waals surface area (Å²) in [6.45, 7) is 1.90. The number of carboxylic acids is 1. The molecule has 0 saturated heterocycles. The first-order valence-corrected chi connectivity index (χ1v) is 8.92. The SMILES string of the molecule is Cc1cc(NC(=O)c2ccc(Cl)cc2)c(C(CC=O)CCC(=O)O)s1. The second-order valence-electron chi connectivity index (χ2n) is 5.63. The number of hydrogen-bond donors (Lipinski definition) is 2. The highest BCUT2D eigenvalue weighted by molar-refractivity contribution is 7.12. The molecule has 0 spiro atoms. The van der Waals surface area contributed by atoms with Gasteiger partial charge in [0.15, 0.2) is 0 Å². The summed E-state index contributed by atoms with van der Waals surface area (Å²) in [6.07, 6.45) is 1.32. The Morgan fingerprint density at radius 3 is 2.60 bits per heavy atom. The van der Waals surface area contributed by atoms with E-state index < -0.39 is 5.97 Å². The van der Waals surface area contributed by atoms with Crippen LogP contribution in [0.4, 0.5) is 5.69 Å². The molecule has 5 nitrogen and oxygen atoms in total. The van der Waals surface area contributed by atoms with Gasteiger partial charge in [-0.05, 0) is 43.7 Å². The van der Waals surface area contributed by atoms with Crippen molar-refractivity contribution >= 4 is 46.8 Å². The lowest BCUT2D eigenvalue weighted by Crippen LogP contribution is -2.13. The van der Waals surface area contributed by atoms with Crippen LogP contribution in [0.3, 0.4) is 0 Å². The number of aldehydes is 1. The maximum atomic E-state index is 12.4. The van der Waals surface area contributed by atoms with Crippen molar-refractivity contribution in [1.82, 2.24) is 0 Å². The van der Waals surface area contributed by atoms with Gasteiger partial charge in [-0.15, -0.1) is 11.3 Å². The molecule has 1 unspecified atom stereocenters. The van der Waals surface area contributed by atoms with E-state index >= 15 is 0 Å². The summed E-state index contributed by atoms with van der Waals surface area (Å²) in [6, 6.07) is 8.37. The third-order valence-corrected chi connectivity index (χ3v) is 5.16. The van der Waals surface area contributed by atoms with E-state index in [-0.39, 0.29) is 24.7 Å². The molecule has 0 bridgehead atoms. The molecule has 2 N–H and O–H groups in total. The number of aryl methyl sites for hydroxylation is 1. The van der Waals surface area contributed by atoms with E-state index in [9.17, 15) is 14.4 Å². The van der Waals surface area contributed by atoms with Gasteiger partial charge in [0.05, 0.1) is 5.69 Å². The lowest BCUT2D eigenvalue weighted by Gasteiger charge is -2.14. The minimum absolute atomic E-state index is 0.0278. The lowest BCUT2D eigenvalue weighted by atomic mass is 9.97. The van der Waals surface area contributed by atoms with Gasteiger partial charge in [-0.3, -0.25) is 9.59 Å². The minimum Gasteiger partial charge on any atom is -0.481 e. The molecular weight excluding hydrogens is 362 g/mol. The topological polar surface area (TPSA) is 83.5 Å². The Bertz CT molecular complexity index is 770. The normalized spacial score (nSPS) is 11.8. The first-order chi connectivity index (χ1) is 11.9. The molecule has 0 aliphatic carbocycles. The maximum absolute atomic E-state index is 12.4. The molecule has 1 atom stereocenters. The summed E-state index contributed by atoms with van der Waals surface area (Å²) in [4.78, 5) is 36.1. The van der Waals surface area contributed by atoms with E-state index in [0.717, 1.165) is 16.0 Å². The third kappa shape index (κ3) is 5.41. The van der Waals surface area contributed by atoms with E-state index in [0.29, 0.717) is 22.7 Å². The molecule has 0 radical (unpaired) electrons. The Balaban J connectivity index is 2.22. The quantitative estimate of drug-likeness (QED) is 0.661. The van der Waals surface area contributed by atoms with Gasteiger partial charge in [-0.25, -0.2) is 0 Å². The maximum Gasteiger partial charge on any atom is 0.303 e. The fourth-order valence-electron chi connectivity index (χ4n) is 2.50. The molecule has 0 aliphatic rings. The number of carbonyl (C=O) groups is 3. The summed E-state index contributed by atoms with van der Waals surface area (Å²) in [5.41, 5.74) is 1.09. The Labute approximate surface area is 154 Å². The number of aliphatic carboxylic acids is 1. The zero-order valence-electron chi connectivity index (χ0n) is 13.6. The van der Waals surface area contributed by atoms with Crippen molar-refractivity contribution in [2.45, 2.75) is 32.1 Å². The Kier molecular flexibility index (Phi) is 6.73. The van der Waals surface area contributed by atoms with Crippen molar-refractivity contribution in [2.24, 2.45) is 0 Å². The van der Waals surface area contributed by atoms with Gasteiger partial charge < -0.3 is 15.2 Å². The minimum atomic E-state index is -0.907. The van der Waals surface area contributed by atoms with Crippen LogP contribution in [0.2, 0.25) is 5.02 Å². The monoisotopic (exact) mass is 379 g/mol. The van der Waals surface area contributed by atoms with E-state index in [1.807, 2.05) is 13.0 Å². The zero-order valence-corrected chi connectivity index (χ0v) is 15.2. The van der Waals surface area contributed by atoms with E-state index in [2.05, 4.69) is 5.32 Å². The number of hydrogen-bond acceptors (Lipinski definition) is 4. The van der Waals surface area contributed by atoms with Gasteiger partial charge in [0, 0.05) is 39.1 Å². The average Bonchev–Trinajstić information content (AvgIpc) is 2.92. The predicted octanol–water partition coefficient (Wildman–Crippen LogP) is 4.50. The van der Waals surface area contributed by atoms with Crippen LogP contribution >= 0.6 is 22.9 Å². The van der Waals surface area contributed by atoms with Gasteiger partial charge in [-0.2, -0.15) is 0 Å². The number of anilines is 1. The van der Waals surface area contributed by atoms with E-state index in [1.54, 1.807) is 24.3 Å². The fraction of sp³-hybridized carbons (Fsp3) is 0.278. The summed E-state index contributed by atoms with van der Waals surface area (Å²) < 4.78 is 0. The van der Waals surface area contributed by atoms with Crippen LogP contribution in [0.25, 0.3) is 0 Å². The summed E-state index contributed by atoms with van der Waals surface area (Å²) >= 11 is 7.30. The Morgan fingerprint density at radius 1 is 1.32 bits per heavy atom. The van der Waals surface area contributed by atoms with Crippen LogP contribution in [0.1, 0.15) is 45.3 Å². The number of carboxylic acid groups (broad SMARTS) is 1. The van der Waals surface area contributed by atoms with Crippen molar-refractivity contribution in [3.8, 4) is 0 Å². The predicted molar refractivity (Wildman–Crippen MR) is 98.8 cm³/mol. The highest BCUT2D eigenvalue weighted by atomic mass is 35.5. The van der Waals surface area contributed by atoms with Crippen molar-refractivity contribution in [1.29, 1.82) is 0 Å². The Morgan fingerprint density at radius 2 is 2.00 bits per heavy atom. The van der Waals surface area contributed by atoms with E-state index in [4.69, 9.17) is 16.7 Å². The van der Waals surface area contributed by atoms with Crippen molar-refractivity contribution in [2.75, 3.05) is 5.32 Å². The van der Waals surface area contributed by atoms with Crippen LogP contribution in [0, 0.1) is 6.92 Å². The highest BCUT2D eigenvalue weighted by Gasteiger charge is 2.21. The van der Waals surface area contributed by atoms with Crippen LogP contribution in [0.5, 0.6) is 0 Å². The molecule has 0 saturated carbocycles. The number of thiophene rings is 1. The van der Waals surface area contributed by atoms with Gasteiger partial charge in [0.2, 0.25) is 0 Å². The standard InChI is InChI=1S/C18H18ClNO4S/c1-11-10-15(20-18(24)13-2-5-14(19)6-3-13)17(25-11)12(8-9-21)4-7-16(22)23/h2-3,5-6,9-10,12H,4,7-8H2,1H3,(H,20,24)(H,22,23). The average molecular weight is 380 g/mol. The molecule has 1 aromatic carbocycles. The largest absolute Gasteiger partial charge is 0.481 e. The van der Waals surface area contributed by atoms with Crippen molar-refractivity contribution < 1.29 is 19.5 Å². The molecule has 25 heavy (non-hydrogen) atoms. The van der Waals surface area contributed by atoms with Crippen molar-refractivity contribution in [3.63, 3.8) is 0 Å². The second-order valence-corrected chi connectivity index (χ2v) is 7.35. The highest BCUT2D eigenvalue weighted by Crippen LogP contribution is 2.37. The number of benzene rings is 1. The lowest BCUT2D eigenvalue weighted by molar-refractivity contribution is -0.137. The Hall–Kier alpha value is -2.18. The van der Waals surface area contributed by atoms with E-state index in [1.165, 1.54) is 11.3 Å². The van der Waals surface area contributed by atoms with Gasteiger partial charge in [0.1, 0.15) is 6.29 Å². The molecule has 1 aromatic heterocycles. The molecule has 0 fully saturated rings. The van der Waals surface area contributed by atoms with Gasteiger partial charge in [-0.1, -0.05) is 11.6 Å². The number of rotatable bonds is 8. The molecular formula is C18H18ClNO4S. The molecule has 1 amide bonds. The smallest absolute Gasteiger partial charge is 0.303 e. The van der Waals surface area contributed by atoms with Crippen molar-refractivity contribution in [3.05, 3.63) is 50.7 Å². The number of halogens is 1. The fourth-order valence-corrected chi connectivity index (χ4v) is 3.75. The zero-order chi connectivity index (χ0) is 18.4. The van der Waals surface area contributed by atoms with Gasteiger partial charge >= 0.3 is 5.97 Å². The first-order valence-electron chi connectivity index (χ1n) is 7.73. The van der Waals surface area contributed by atoms with Crippen LogP contribution in [-0.2, 0) is 9.59 Å². The number of nitrogens with one attached hydrogen (secondary N) is 1. The summed E-state index contributed by atoms with van der Waals surface area (Å²) in [7, 11) is 0. The summed E-state index contributed by atoms with van der Waals surface area (Å²) in [5.74, 6) is -1.41. The molecule has 132 valence electrons. The third-order valence-electron chi connectivity index (χ3n) is 3.70. The van der Waals surface area contributed by atoms with Crippen LogP contribution in [-0.4, -0.2) is 23.3 Å². The molecule has 1 heterocycles. The van der Waals surface area contributed by atoms with Crippen LogP contribution < -0.4 is 5.32 Å².